The van der Waals surface area contributed by atoms with E-state index in [2.05, 4.69) is 15.0 Å². The first kappa shape index (κ1) is 11.6. The molecule has 1 amide bonds. The molecule has 1 aromatic carbocycles. The Bertz CT molecular complexity index is 670. The summed E-state index contributed by atoms with van der Waals surface area (Å²) in [5, 5.41) is 4.61. The third-order valence-electron chi connectivity index (χ3n) is 3.47. The predicted molar refractivity (Wildman–Crippen MR) is 72.8 cm³/mol. The summed E-state index contributed by atoms with van der Waals surface area (Å²) in [6, 6.07) is 7.84. The Kier molecular flexibility index (Phi) is 2.85. The number of H-pyrrole nitrogens is 1. The largest absolute Gasteiger partial charge is 0.361 e. The van der Waals surface area contributed by atoms with Crippen molar-refractivity contribution in [3.8, 4) is 0 Å². The molecule has 1 fully saturated rings. The maximum absolute atomic E-state index is 12.1. The molecule has 0 saturated carbocycles. The first-order valence-electron chi connectivity index (χ1n) is 6.17. The molecule has 1 saturated heterocycles. The minimum Gasteiger partial charge on any atom is -0.361 e. The molecular weight excluding hydrogens is 242 g/mol. The monoisotopic (exact) mass is 255 g/mol. The van der Waals surface area contributed by atoms with E-state index >= 15 is 0 Å². The van der Waals surface area contributed by atoms with E-state index in [0.29, 0.717) is 19.5 Å². The lowest BCUT2D eigenvalue weighted by atomic mass is 10.1. The van der Waals surface area contributed by atoms with E-state index in [-0.39, 0.29) is 11.8 Å². The Morgan fingerprint density at radius 1 is 1.47 bits per heavy atom. The van der Waals surface area contributed by atoms with Crippen molar-refractivity contribution in [1.82, 2.24) is 4.98 Å². The summed E-state index contributed by atoms with van der Waals surface area (Å²) in [7, 11) is 0. The number of amides is 1. The van der Waals surface area contributed by atoms with Gasteiger partial charge in [0.15, 0.2) is 0 Å². The van der Waals surface area contributed by atoms with Crippen LogP contribution < -0.4 is 4.90 Å². The van der Waals surface area contributed by atoms with Gasteiger partial charge in [0.05, 0.1) is 5.69 Å². The van der Waals surface area contributed by atoms with Gasteiger partial charge in [-0.2, -0.15) is 0 Å². The van der Waals surface area contributed by atoms with Crippen LogP contribution in [-0.2, 0) is 4.79 Å². The number of nitrogens with one attached hydrogen (secondary N) is 1. The number of anilines is 1. The molecule has 1 aromatic heterocycles. The van der Waals surface area contributed by atoms with Gasteiger partial charge in [-0.05, 0) is 29.6 Å². The Morgan fingerprint density at radius 2 is 2.37 bits per heavy atom. The van der Waals surface area contributed by atoms with E-state index in [0.717, 1.165) is 16.6 Å². The van der Waals surface area contributed by atoms with E-state index in [1.807, 2.05) is 30.5 Å². The summed E-state index contributed by atoms with van der Waals surface area (Å²) >= 11 is 0. The van der Waals surface area contributed by atoms with Crippen molar-refractivity contribution < 1.29 is 4.79 Å². The van der Waals surface area contributed by atoms with Gasteiger partial charge >= 0.3 is 0 Å². The summed E-state index contributed by atoms with van der Waals surface area (Å²) in [6.45, 7) is 0.990. The SMILES string of the molecule is [N-]=[N+]=NCC1CC(=O)N(c2cccc3[nH]ccc23)C1. The van der Waals surface area contributed by atoms with Crippen LogP contribution in [0.15, 0.2) is 35.6 Å². The minimum absolute atomic E-state index is 0.0897. The molecule has 96 valence electrons. The number of hydrogen-bond acceptors (Lipinski definition) is 2. The lowest BCUT2D eigenvalue weighted by molar-refractivity contribution is -0.117. The fourth-order valence-corrected chi connectivity index (χ4v) is 2.59. The Morgan fingerprint density at radius 3 is 3.21 bits per heavy atom. The molecule has 0 radical (unpaired) electrons. The van der Waals surface area contributed by atoms with Gasteiger partial charge in [0.2, 0.25) is 5.91 Å². The second-order valence-corrected chi connectivity index (χ2v) is 4.70. The van der Waals surface area contributed by atoms with Crippen LogP contribution in [0, 0.1) is 5.92 Å². The average Bonchev–Trinajstić information content (AvgIpc) is 3.02. The van der Waals surface area contributed by atoms with Gasteiger partial charge in [-0.15, -0.1) is 0 Å². The molecule has 0 bridgehead atoms. The summed E-state index contributed by atoms with van der Waals surface area (Å²) in [5.74, 6) is 0.199. The van der Waals surface area contributed by atoms with Gasteiger partial charge in [-0.1, -0.05) is 11.2 Å². The highest BCUT2D eigenvalue weighted by Crippen LogP contribution is 2.31. The minimum atomic E-state index is 0.0897. The third-order valence-corrected chi connectivity index (χ3v) is 3.47. The van der Waals surface area contributed by atoms with Crippen LogP contribution in [-0.4, -0.2) is 24.0 Å². The predicted octanol–water partition coefficient (Wildman–Crippen LogP) is 2.83. The van der Waals surface area contributed by atoms with Gasteiger partial charge < -0.3 is 9.88 Å². The van der Waals surface area contributed by atoms with Crippen LogP contribution in [0.5, 0.6) is 0 Å². The van der Waals surface area contributed by atoms with Crippen molar-refractivity contribution in [1.29, 1.82) is 0 Å². The molecule has 0 spiro atoms. The standard InChI is InChI=1S/C13H13N5O/c14-17-16-7-9-6-13(19)18(8-9)12-3-1-2-11-10(12)4-5-15-11/h1-5,9,15H,6-8H2. The molecule has 6 heteroatoms. The first-order valence-corrected chi connectivity index (χ1v) is 6.17. The smallest absolute Gasteiger partial charge is 0.227 e. The Hall–Kier alpha value is -2.46. The van der Waals surface area contributed by atoms with Crippen molar-refractivity contribution in [3.63, 3.8) is 0 Å². The molecule has 1 unspecified atom stereocenters. The zero-order valence-electron chi connectivity index (χ0n) is 10.3. The number of aromatic nitrogens is 1. The molecule has 1 aliphatic heterocycles. The normalized spacial score (nSPS) is 18.8. The van der Waals surface area contributed by atoms with Gasteiger partial charge in [0.1, 0.15) is 0 Å². The summed E-state index contributed by atoms with van der Waals surface area (Å²) in [6.07, 6.45) is 2.31. The fraction of sp³-hybridized carbons (Fsp3) is 0.308. The van der Waals surface area contributed by atoms with Crippen LogP contribution in [0.1, 0.15) is 6.42 Å². The van der Waals surface area contributed by atoms with Crippen LogP contribution >= 0.6 is 0 Å². The number of carbonyl (C=O) groups excluding carboxylic acids is 1. The summed E-state index contributed by atoms with van der Waals surface area (Å²) in [4.78, 5) is 19.8. The van der Waals surface area contributed by atoms with Crippen molar-refractivity contribution in [2.75, 3.05) is 18.0 Å². The van der Waals surface area contributed by atoms with Gasteiger partial charge in [0.25, 0.3) is 0 Å². The molecule has 6 nitrogen and oxygen atoms in total. The van der Waals surface area contributed by atoms with Crippen LogP contribution in [0.25, 0.3) is 21.3 Å². The molecule has 19 heavy (non-hydrogen) atoms. The van der Waals surface area contributed by atoms with E-state index in [4.69, 9.17) is 5.53 Å². The summed E-state index contributed by atoms with van der Waals surface area (Å²) in [5.41, 5.74) is 10.3. The molecule has 0 aliphatic carbocycles. The van der Waals surface area contributed by atoms with Gasteiger partial charge in [0, 0.05) is 41.5 Å². The second kappa shape index (κ2) is 4.66. The molecule has 2 aromatic rings. The van der Waals surface area contributed by atoms with E-state index in [9.17, 15) is 4.79 Å². The molecule has 3 rings (SSSR count). The highest BCUT2D eigenvalue weighted by Gasteiger charge is 2.30. The van der Waals surface area contributed by atoms with Crippen molar-refractivity contribution in [2.24, 2.45) is 11.0 Å². The summed E-state index contributed by atoms with van der Waals surface area (Å²) < 4.78 is 0. The number of azide groups is 1. The lowest BCUT2D eigenvalue weighted by Crippen LogP contribution is -2.24. The van der Waals surface area contributed by atoms with Gasteiger partial charge in [-0.25, -0.2) is 0 Å². The fourth-order valence-electron chi connectivity index (χ4n) is 2.59. The maximum atomic E-state index is 12.1. The maximum Gasteiger partial charge on any atom is 0.227 e. The quantitative estimate of drug-likeness (QED) is 0.510. The number of benzene rings is 1. The van der Waals surface area contributed by atoms with Crippen molar-refractivity contribution >= 4 is 22.5 Å². The first-order chi connectivity index (χ1) is 9.29. The third kappa shape index (κ3) is 2.02. The topological polar surface area (TPSA) is 84.9 Å². The van der Waals surface area contributed by atoms with Crippen molar-refractivity contribution in [2.45, 2.75) is 6.42 Å². The molecular formula is C13H13N5O. The number of fused-ring (bicyclic) bond motifs is 1. The van der Waals surface area contributed by atoms with Crippen molar-refractivity contribution in [3.05, 3.63) is 40.9 Å². The Labute approximate surface area is 109 Å². The highest BCUT2D eigenvalue weighted by atomic mass is 16.2. The average molecular weight is 255 g/mol. The zero-order chi connectivity index (χ0) is 13.2. The van der Waals surface area contributed by atoms with E-state index in [1.54, 1.807) is 4.90 Å². The number of nitrogens with zero attached hydrogens (tertiary/aromatic N) is 4. The molecule has 1 atom stereocenters. The zero-order valence-corrected chi connectivity index (χ0v) is 10.3. The number of hydrogen-bond donors (Lipinski definition) is 1. The Balaban J connectivity index is 1.92. The highest BCUT2D eigenvalue weighted by molar-refractivity contribution is 6.04. The number of rotatable bonds is 3. The van der Waals surface area contributed by atoms with Crippen LogP contribution in [0.4, 0.5) is 5.69 Å². The lowest BCUT2D eigenvalue weighted by Gasteiger charge is -2.17. The van der Waals surface area contributed by atoms with Crippen LogP contribution in [0.2, 0.25) is 0 Å². The van der Waals surface area contributed by atoms with Crippen LogP contribution in [0.3, 0.4) is 0 Å². The number of aromatic amines is 1. The molecule has 2 heterocycles. The number of carbonyl (C=O) groups is 1. The van der Waals surface area contributed by atoms with Gasteiger partial charge in [-0.3, -0.25) is 4.79 Å². The van der Waals surface area contributed by atoms with E-state index < -0.39 is 0 Å². The second-order valence-electron chi connectivity index (χ2n) is 4.70. The van der Waals surface area contributed by atoms with E-state index in [1.165, 1.54) is 0 Å². The molecule has 1 aliphatic rings. The molecule has 1 N–H and O–H groups in total.